The lowest BCUT2D eigenvalue weighted by atomic mass is 10.2. The first kappa shape index (κ1) is 8.06. The first-order valence-corrected chi connectivity index (χ1v) is 4.45. The van der Waals surface area contributed by atoms with E-state index in [1.165, 1.54) is 19.4 Å². The summed E-state index contributed by atoms with van der Waals surface area (Å²) in [5.74, 6) is 1.06. The lowest BCUT2D eigenvalue weighted by Gasteiger charge is -2.17. The molecule has 0 radical (unpaired) electrons. The highest BCUT2D eigenvalue weighted by atomic mass is 15.2. The number of rotatable bonds is 0. The molecule has 1 aliphatic carbocycles. The topological polar surface area (TPSA) is 3.24 Å². The summed E-state index contributed by atoms with van der Waals surface area (Å²) in [5.41, 5.74) is 0.653. The Bertz CT molecular complexity index is 120. The third-order valence-electron chi connectivity index (χ3n) is 3.06. The van der Waals surface area contributed by atoms with Crippen LogP contribution in [0.3, 0.4) is 0 Å². The molecule has 0 aromatic heterocycles. The second-order valence-electron chi connectivity index (χ2n) is 3.47. The fraction of sp³-hybridized carbons (Fsp3) is 1.00. The van der Waals surface area contributed by atoms with Crippen LogP contribution in [0.2, 0.25) is 0 Å². The third-order valence-corrected chi connectivity index (χ3v) is 3.06. The fourth-order valence-electron chi connectivity index (χ4n) is 1.93. The lowest BCUT2D eigenvalue weighted by Crippen LogP contribution is -2.27. The summed E-state index contributed by atoms with van der Waals surface area (Å²) >= 11 is 0. The number of piperidine rings is 1. The Labute approximate surface area is 64.4 Å². The van der Waals surface area contributed by atoms with E-state index in [1.54, 1.807) is 0 Å². The van der Waals surface area contributed by atoms with E-state index in [2.05, 4.69) is 18.9 Å². The summed E-state index contributed by atoms with van der Waals surface area (Å²) in [6, 6.07) is 0. The van der Waals surface area contributed by atoms with Crippen molar-refractivity contribution in [2.24, 2.45) is 5.92 Å². The summed E-state index contributed by atoms with van der Waals surface area (Å²) in [7, 11) is 2.24. The highest BCUT2D eigenvalue weighted by Gasteiger charge is 2.56. The van der Waals surface area contributed by atoms with Gasteiger partial charge in [-0.2, -0.15) is 0 Å². The molecule has 1 saturated carbocycles. The number of nitrogens with zero attached hydrogens (tertiary/aromatic N) is 1. The third kappa shape index (κ3) is 0.968. The van der Waals surface area contributed by atoms with Gasteiger partial charge in [-0.05, 0) is 39.3 Å². The van der Waals surface area contributed by atoms with Crippen LogP contribution in [0.1, 0.15) is 33.6 Å². The van der Waals surface area contributed by atoms with Gasteiger partial charge in [-0.3, -0.25) is 0 Å². The number of likely N-dealkylation sites (tertiary alicyclic amines) is 1. The van der Waals surface area contributed by atoms with Crippen LogP contribution in [0.25, 0.3) is 0 Å². The maximum Gasteiger partial charge on any atom is 0.0211 e. The summed E-state index contributed by atoms with van der Waals surface area (Å²) in [4.78, 5) is 2.50. The van der Waals surface area contributed by atoms with Crippen LogP contribution in [0.5, 0.6) is 0 Å². The first-order valence-electron chi connectivity index (χ1n) is 4.45. The van der Waals surface area contributed by atoms with Crippen molar-refractivity contribution in [3.8, 4) is 0 Å². The molecule has 2 rings (SSSR count). The Morgan fingerprint density at radius 1 is 1.40 bits per heavy atom. The molecule has 2 aliphatic rings. The molecule has 1 heterocycles. The highest BCUT2D eigenvalue weighted by Crippen LogP contribution is 2.54. The lowest BCUT2D eigenvalue weighted by molar-refractivity contribution is 0.280. The molecule has 1 nitrogen and oxygen atoms in total. The zero-order chi connectivity index (χ0) is 7.78. The molecule has 2 fully saturated rings. The minimum Gasteiger partial charge on any atom is -0.301 e. The van der Waals surface area contributed by atoms with Crippen molar-refractivity contribution in [3.63, 3.8) is 0 Å². The monoisotopic (exact) mass is 141 g/mol. The molecule has 0 aromatic rings. The Morgan fingerprint density at radius 2 is 2.00 bits per heavy atom. The Hall–Kier alpha value is -0.0400. The smallest absolute Gasteiger partial charge is 0.0211 e. The second kappa shape index (κ2) is 2.54. The molecule has 2 atom stereocenters. The van der Waals surface area contributed by atoms with Gasteiger partial charge in [-0.25, -0.2) is 0 Å². The number of hydrogen-bond acceptors (Lipinski definition) is 1. The summed E-state index contributed by atoms with van der Waals surface area (Å²) < 4.78 is 0. The zero-order valence-electron chi connectivity index (χ0n) is 7.65. The molecule has 0 bridgehead atoms. The first-order chi connectivity index (χ1) is 4.73. The average molecular weight is 141 g/mol. The fourth-order valence-corrected chi connectivity index (χ4v) is 1.93. The van der Waals surface area contributed by atoms with Crippen molar-refractivity contribution in [2.75, 3.05) is 13.6 Å². The molecule has 0 aromatic carbocycles. The normalized spacial score (nSPS) is 43.8. The van der Waals surface area contributed by atoms with Gasteiger partial charge in [0.1, 0.15) is 0 Å². The van der Waals surface area contributed by atoms with Crippen molar-refractivity contribution >= 4 is 0 Å². The Balaban J connectivity index is 0.000000231. The van der Waals surface area contributed by atoms with E-state index in [4.69, 9.17) is 0 Å². The Morgan fingerprint density at radius 3 is 2.10 bits per heavy atom. The van der Waals surface area contributed by atoms with Crippen LogP contribution < -0.4 is 0 Å². The van der Waals surface area contributed by atoms with E-state index in [9.17, 15) is 0 Å². The molecule has 10 heavy (non-hydrogen) atoms. The van der Waals surface area contributed by atoms with Crippen LogP contribution >= 0.6 is 0 Å². The van der Waals surface area contributed by atoms with E-state index in [1.807, 2.05) is 13.8 Å². The molecule has 60 valence electrons. The highest BCUT2D eigenvalue weighted by molar-refractivity contribution is 5.11. The van der Waals surface area contributed by atoms with Crippen molar-refractivity contribution in [1.82, 2.24) is 4.90 Å². The standard InChI is InChI=1S/C7H13N.C2H6/c1-7-5-6(7)3-4-8(7)2;1-2/h6H,3-5H2,1-2H3;1-2H3. The van der Waals surface area contributed by atoms with E-state index in [0.29, 0.717) is 5.54 Å². The SMILES string of the molecule is CC.CN1CCC2CC21C. The van der Waals surface area contributed by atoms with Crippen molar-refractivity contribution < 1.29 is 0 Å². The van der Waals surface area contributed by atoms with Crippen molar-refractivity contribution in [2.45, 2.75) is 39.2 Å². The van der Waals surface area contributed by atoms with Crippen LogP contribution in [0.15, 0.2) is 0 Å². The predicted molar refractivity (Wildman–Crippen MR) is 45.1 cm³/mol. The quantitative estimate of drug-likeness (QED) is 0.499. The van der Waals surface area contributed by atoms with E-state index >= 15 is 0 Å². The summed E-state index contributed by atoms with van der Waals surface area (Å²) in [6.07, 6.45) is 2.91. The van der Waals surface area contributed by atoms with Crippen LogP contribution in [-0.4, -0.2) is 24.0 Å². The van der Waals surface area contributed by atoms with E-state index in [-0.39, 0.29) is 0 Å². The van der Waals surface area contributed by atoms with Gasteiger partial charge >= 0.3 is 0 Å². The maximum absolute atomic E-state index is 2.50. The van der Waals surface area contributed by atoms with Crippen LogP contribution in [-0.2, 0) is 0 Å². The molecule has 1 saturated heterocycles. The van der Waals surface area contributed by atoms with Crippen LogP contribution in [0, 0.1) is 5.92 Å². The largest absolute Gasteiger partial charge is 0.301 e. The molecule has 2 unspecified atom stereocenters. The minimum absolute atomic E-state index is 0.653. The van der Waals surface area contributed by atoms with Gasteiger partial charge in [0.25, 0.3) is 0 Å². The molecular weight excluding hydrogens is 122 g/mol. The van der Waals surface area contributed by atoms with Gasteiger partial charge in [-0.1, -0.05) is 13.8 Å². The molecule has 0 spiro atoms. The van der Waals surface area contributed by atoms with Crippen molar-refractivity contribution in [1.29, 1.82) is 0 Å². The molecule has 0 amide bonds. The zero-order valence-corrected chi connectivity index (χ0v) is 7.65. The average Bonchev–Trinajstić information content (AvgIpc) is 2.56. The number of hydrogen-bond donors (Lipinski definition) is 0. The maximum atomic E-state index is 2.50. The Kier molecular flexibility index (Phi) is 2.04. The molecule has 0 N–H and O–H groups in total. The summed E-state index contributed by atoms with van der Waals surface area (Å²) in [6.45, 7) is 7.71. The summed E-state index contributed by atoms with van der Waals surface area (Å²) in [5, 5.41) is 0. The predicted octanol–water partition coefficient (Wildman–Crippen LogP) is 2.13. The molecular formula is C9H19N. The van der Waals surface area contributed by atoms with Gasteiger partial charge in [-0.15, -0.1) is 0 Å². The second-order valence-corrected chi connectivity index (χ2v) is 3.47. The van der Waals surface area contributed by atoms with E-state index in [0.717, 1.165) is 5.92 Å². The van der Waals surface area contributed by atoms with Gasteiger partial charge in [0.15, 0.2) is 0 Å². The van der Waals surface area contributed by atoms with Gasteiger partial charge in [0.2, 0.25) is 0 Å². The van der Waals surface area contributed by atoms with Gasteiger partial charge in [0, 0.05) is 5.54 Å². The van der Waals surface area contributed by atoms with Crippen molar-refractivity contribution in [3.05, 3.63) is 0 Å². The number of fused-ring (bicyclic) bond motifs is 1. The van der Waals surface area contributed by atoms with Gasteiger partial charge in [0.05, 0.1) is 0 Å². The van der Waals surface area contributed by atoms with Gasteiger partial charge < -0.3 is 4.90 Å². The van der Waals surface area contributed by atoms with Crippen LogP contribution in [0.4, 0.5) is 0 Å². The molecule has 1 heteroatoms. The molecule has 1 aliphatic heterocycles. The van der Waals surface area contributed by atoms with E-state index < -0.39 is 0 Å². The minimum atomic E-state index is 0.653.